The number of methoxy groups -OCH3 is 3. The monoisotopic (exact) mass is 1270 g/mol. The van der Waals surface area contributed by atoms with Crippen molar-refractivity contribution in [2.45, 2.75) is 130 Å². The summed E-state index contributed by atoms with van der Waals surface area (Å²) in [6, 6.07) is 14.1. The number of aromatic nitrogens is 1. The van der Waals surface area contributed by atoms with Crippen molar-refractivity contribution in [1.29, 1.82) is 0 Å². The summed E-state index contributed by atoms with van der Waals surface area (Å²) in [5.74, 6) is -10.4. The van der Waals surface area contributed by atoms with Gasteiger partial charge in [0.2, 0.25) is 11.4 Å². The molecule has 2 saturated heterocycles. The van der Waals surface area contributed by atoms with Crippen molar-refractivity contribution >= 4 is 52.0 Å². The number of benzene rings is 3. The number of nitrogens with two attached hydrogens (primary N) is 1. The molecule has 2 bridgehead atoms. The highest BCUT2D eigenvalue weighted by molar-refractivity contribution is 6.25. The van der Waals surface area contributed by atoms with Gasteiger partial charge in [-0.3, -0.25) is 38.7 Å². The molecule has 16 atom stereocenters. The number of carbonyl (C=O) groups is 6. The first-order valence-corrected chi connectivity index (χ1v) is 31.2. The van der Waals surface area contributed by atoms with Crippen molar-refractivity contribution in [1.82, 2.24) is 19.7 Å². The van der Waals surface area contributed by atoms with Crippen molar-refractivity contribution in [3.63, 3.8) is 0 Å². The lowest BCUT2D eigenvalue weighted by Crippen LogP contribution is -2.81. The number of carbonyl (C=O) groups excluding carboxylic acids is 6. The molecular formula is C68H84N6O18. The molecule has 3 aromatic carbocycles. The van der Waals surface area contributed by atoms with Crippen LogP contribution in [-0.2, 0) is 55.4 Å². The molecule has 494 valence electrons. The van der Waals surface area contributed by atoms with Crippen LogP contribution in [0.15, 0.2) is 89.4 Å². The lowest BCUT2D eigenvalue weighted by atomic mass is 9.47. The number of nitrogens with zero attached hydrogens (tertiary/aromatic N) is 4. The van der Waals surface area contributed by atoms with Gasteiger partial charge in [-0.2, -0.15) is 0 Å². The normalized spacial score (nSPS) is 35.7. The van der Waals surface area contributed by atoms with Gasteiger partial charge in [-0.15, -0.1) is 0 Å². The minimum Gasteiger partial charge on any atom is -0.510 e. The summed E-state index contributed by atoms with van der Waals surface area (Å²) in [6.45, 7) is 10.3. The number of ketones is 2. The van der Waals surface area contributed by atoms with Crippen LogP contribution in [0.25, 0.3) is 10.9 Å². The molecule has 6 heterocycles. The Morgan fingerprint density at radius 2 is 1.60 bits per heavy atom. The number of esters is 3. The molecule has 4 aromatic rings. The molecular weight excluding hydrogens is 1190 g/mol. The molecule has 1 aromatic heterocycles. The molecule has 92 heavy (non-hydrogen) atoms. The average molecular weight is 1270 g/mol. The minimum absolute atomic E-state index is 0. The first-order valence-electron chi connectivity index (χ1n) is 31.2. The predicted octanol–water partition coefficient (Wildman–Crippen LogP) is 2.82. The number of piperidine rings is 1. The van der Waals surface area contributed by atoms with E-state index in [9.17, 15) is 59.7 Å². The van der Waals surface area contributed by atoms with Gasteiger partial charge in [0.15, 0.2) is 17.5 Å². The van der Waals surface area contributed by atoms with E-state index in [4.69, 9.17) is 24.7 Å². The van der Waals surface area contributed by atoms with Crippen LogP contribution in [0.5, 0.6) is 11.5 Å². The van der Waals surface area contributed by atoms with E-state index < -0.39 is 133 Å². The maximum absolute atomic E-state index is 15.3. The lowest BCUT2D eigenvalue weighted by molar-refractivity contribution is -0.228. The number of rotatable bonds is 9. The second-order valence-corrected chi connectivity index (χ2v) is 27.0. The molecule has 3 fully saturated rings. The molecule has 1 saturated carbocycles. The van der Waals surface area contributed by atoms with Crippen molar-refractivity contribution in [3.8, 4) is 11.5 Å². The number of aromatic amines is 1. The number of hydrogen-bond donors (Lipinski definition) is 9. The average Bonchev–Trinajstić information content (AvgIpc) is 1.44. The second-order valence-electron chi connectivity index (χ2n) is 27.0. The Morgan fingerprint density at radius 1 is 0.891 bits per heavy atom. The molecule has 0 unspecified atom stereocenters. The zero-order valence-electron chi connectivity index (χ0n) is 53.4. The maximum atomic E-state index is 15.3. The summed E-state index contributed by atoms with van der Waals surface area (Å²) in [6.07, 6.45) is 4.36. The van der Waals surface area contributed by atoms with Gasteiger partial charge in [-0.25, -0.2) is 4.79 Å². The van der Waals surface area contributed by atoms with Gasteiger partial charge in [-0.05, 0) is 106 Å². The highest BCUT2D eigenvalue weighted by atomic mass is 16.6. The lowest BCUT2D eigenvalue weighted by Gasteiger charge is -2.63. The van der Waals surface area contributed by atoms with Gasteiger partial charge in [0.25, 0.3) is 5.91 Å². The molecule has 9 aliphatic rings. The van der Waals surface area contributed by atoms with E-state index in [2.05, 4.69) is 39.1 Å². The number of hydrogen-bond acceptors (Lipinski definition) is 21. The highest BCUT2D eigenvalue weighted by Gasteiger charge is 2.81. The molecule has 0 radical (unpaired) electrons. The number of H-pyrrole nitrogens is 1. The number of aliphatic hydroxyl groups excluding tert-OH is 3. The van der Waals surface area contributed by atoms with Crippen molar-refractivity contribution in [2.75, 3.05) is 80.1 Å². The van der Waals surface area contributed by atoms with E-state index in [0.29, 0.717) is 88.1 Å². The number of aromatic hydroxyl groups is 1. The van der Waals surface area contributed by atoms with Crippen molar-refractivity contribution in [2.24, 2.45) is 28.9 Å². The number of para-hydroxylation sites is 1. The number of amides is 1. The molecule has 1 spiro atoms. The van der Waals surface area contributed by atoms with Crippen LogP contribution >= 0.6 is 0 Å². The first kappa shape index (κ1) is 65.8. The molecule has 5 aliphatic heterocycles. The number of phenols is 1. The van der Waals surface area contributed by atoms with Crippen molar-refractivity contribution < 1.29 is 88.9 Å². The number of nitrogens with one attached hydrogen (secondary N) is 1. The molecule has 4 aliphatic carbocycles. The Balaban J connectivity index is 0.000000222. The van der Waals surface area contributed by atoms with Crippen LogP contribution in [0.4, 0.5) is 5.69 Å². The number of anilines is 1. The Bertz CT molecular complexity index is 3860. The fourth-order valence-electron chi connectivity index (χ4n) is 19.1. The Morgan fingerprint density at radius 3 is 2.24 bits per heavy atom. The third-order valence-corrected chi connectivity index (χ3v) is 22.6. The van der Waals surface area contributed by atoms with Crippen LogP contribution in [0.2, 0.25) is 0 Å². The smallest absolute Gasteiger partial charge is 0.344 e. The zero-order chi connectivity index (χ0) is 65.7. The van der Waals surface area contributed by atoms with Crippen molar-refractivity contribution in [3.05, 3.63) is 123 Å². The Hall–Kier alpha value is -7.68. The first-order chi connectivity index (χ1) is 43.1. The van der Waals surface area contributed by atoms with E-state index in [1.54, 1.807) is 26.2 Å². The largest absolute Gasteiger partial charge is 0.510 e. The number of ether oxygens (including phenoxy) is 4. The summed E-state index contributed by atoms with van der Waals surface area (Å²) in [5, 5.41) is 81.4. The second kappa shape index (κ2) is 22.8. The standard InChI is InChI=1S/C46H58N4O9.C22H24N2O8.H2O/c1-8-42(54)23-28-24-45(40(52)57-6,36-30(15-19-49(25-28)26-42)29-13-10-11-14-33(29)47-36)32-21-31-34(22-35(32)56-5)48(4)38-44(31)17-20-50-18-12-16-43(9-2,37(44)50)39(59-27(3)51)46(38,55)41(53)58-7;1-7-8-5-4-6-9(25)11(8)16(26)12-10(7)17(27)14-15(24(2)3)18(28)13(21(23)31)20(30)22(14,32)19(12)29;/h10-14,16,21-22,28,37-39,47,54-55H,8-9,15,17-20,23-26H2,1-7H3;4-7,10,14-15,17,25,27-29,32H,1-3H3,(H2,23,31);1H2/t28-,37-,38+,39+,42-,43+,44+,45-,46-;7-,10+,14+,15-,17-,22-;/m00./s1. The topological polar surface area (TPSA) is 367 Å². The Labute approximate surface area is 532 Å². The van der Waals surface area contributed by atoms with Crippen LogP contribution in [0, 0.1) is 23.2 Å². The van der Waals surface area contributed by atoms with Gasteiger partial charge < -0.3 is 75.8 Å². The highest BCUT2D eigenvalue weighted by Crippen LogP contribution is 2.69. The van der Waals surface area contributed by atoms with Crippen LogP contribution in [-0.4, -0.2) is 219 Å². The summed E-state index contributed by atoms with van der Waals surface area (Å²) in [4.78, 5) is 93.0. The molecule has 24 nitrogen and oxygen atoms in total. The van der Waals surface area contributed by atoms with Gasteiger partial charge in [0, 0.05) is 102 Å². The summed E-state index contributed by atoms with van der Waals surface area (Å²) in [7, 11) is 9.13. The third-order valence-electron chi connectivity index (χ3n) is 22.6. The number of primary amides is 1. The van der Waals surface area contributed by atoms with Gasteiger partial charge in [0.1, 0.15) is 34.0 Å². The fraction of sp³-hybridized carbons (Fsp3) is 0.529. The molecule has 1 amide bonds. The molecule has 13 rings (SSSR count). The summed E-state index contributed by atoms with van der Waals surface area (Å²) >= 11 is 0. The number of fused-ring (bicyclic) bond motifs is 9. The quantitative estimate of drug-likeness (QED) is 0.0503. The molecule has 24 heteroatoms. The maximum Gasteiger partial charge on any atom is 0.344 e. The summed E-state index contributed by atoms with van der Waals surface area (Å²) < 4.78 is 23.9. The zero-order valence-corrected chi connectivity index (χ0v) is 53.4. The van der Waals surface area contributed by atoms with Crippen LogP contribution in [0.1, 0.15) is 104 Å². The number of Topliss-reactive ketones (excluding diaryl/α,β-unsaturated/α-hetero) is 2. The van der Waals surface area contributed by atoms with Gasteiger partial charge >= 0.3 is 17.9 Å². The number of aliphatic hydroxyl groups is 6. The van der Waals surface area contributed by atoms with E-state index in [-0.39, 0.29) is 28.7 Å². The minimum atomic E-state index is -2.89. The number of likely N-dealkylation sites (N-methyl/N-ethyl adjacent to an activating group) is 2. The van der Waals surface area contributed by atoms with Crippen LogP contribution in [0.3, 0.4) is 0 Å². The fourth-order valence-corrected chi connectivity index (χ4v) is 19.1. The Kier molecular flexibility index (Phi) is 16.3. The van der Waals surface area contributed by atoms with E-state index >= 15 is 4.79 Å². The van der Waals surface area contributed by atoms with E-state index in [1.807, 2.05) is 50.1 Å². The van der Waals surface area contributed by atoms with E-state index in [1.165, 1.54) is 46.2 Å². The van der Waals surface area contributed by atoms with E-state index in [0.717, 1.165) is 33.4 Å². The van der Waals surface area contributed by atoms with Gasteiger partial charge in [0.05, 0.1) is 56.6 Å². The third kappa shape index (κ3) is 8.69. The SMILES string of the molecule is CC[C@]1(O)C[C@@H]2C[N@@](CCc3c([nH]c4ccccc34)[C@@](C(=O)OC)(c3cc4c(cc3OC)N(C)[C@H]3[C@@](O)(C(=O)OC)[C@H](OC(C)=O)[C@]5(CC)C=CCN6CC[C@]43[C@@H]65)C2)C1.C[C@H]1c2cccc(O)c2C(=O)C2=C(O)[C@]3(O)C(=O)C(C(N)=O)=C(O)[C@@H](N(C)C)[C@@H]3[C@@H](O)[C@@H]21.O. The molecule has 12 N–H and O–H groups in total. The van der Waals surface area contributed by atoms with Gasteiger partial charge in [-0.1, -0.05) is 63.3 Å². The number of phenolic OH excluding ortho intramolecular Hbond substituents is 1. The van der Waals surface area contributed by atoms with Crippen LogP contribution < -0.4 is 15.4 Å². The predicted molar refractivity (Wildman–Crippen MR) is 334 cm³/mol. The summed E-state index contributed by atoms with van der Waals surface area (Å²) in [5.41, 5.74) is -0.262.